The fraction of sp³-hybridized carbons (Fsp3) is 0.750. The van der Waals surface area contributed by atoms with Crippen LogP contribution in [-0.2, 0) is 0 Å². The molecule has 39 heavy (non-hydrogen) atoms. The highest BCUT2D eigenvalue weighted by molar-refractivity contribution is 5.94. The van der Waals surface area contributed by atoms with Crippen molar-refractivity contribution in [1.82, 2.24) is 5.32 Å². The van der Waals surface area contributed by atoms with Crippen LogP contribution in [0.5, 0.6) is 0 Å². The zero-order valence-corrected chi connectivity index (χ0v) is 25.7. The van der Waals surface area contributed by atoms with E-state index in [0.717, 1.165) is 31.2 Å². The molecule has 0 saturated heterocycles. The third-order valence-electron chi connectivity index (χ3n) is 13.5. The van der Waals surface area contributed by atoms with Crippen molar-refractivity contribution in [3.8, 4) is 0 Å². The van der Waals surface area contributed by atoms with Crippen molar-refractivity contribution in [3.05, 3.63) is 47.0 Å². The molecule has 0 heterocycles. The lowest BCUT2D eigenvalue weighted by Crippen LogP contribution is -2.65. The van der Waals surface area contributed by atoms with E-state index in [9.17, 15) is 9.90 Å². The Morgan fingerprint density at radius 3 is 2.23 bits per heavy atom. The summed E-state index contributed by atoms with van der Waals surface area (Å²) in [7, 11) is 0. The maximum absolute atomic E-state index is 13.6. The number of aliphatic hydroxyl groups excluding tert-OH is 1. The van der Waals surface area contributed by atoms with Crippen molar-refractivity contribution >= 4 is 5.91 Å². The number of nitrogens with one attached hydrogen (secondary N) is 1. The third kappa shape index (κ3) is 4.11. The van der Waals surface area contributed by atoms with E-state index in [1.54, 1.807) is 5.57 Å². The van der Waals surface area contributed by atoms with Crippen LogP contribution in [0.2, 0.25) is 0 Å². The fourth-order valence-corrected chi connectivity index (χ4v) is 11.1. The van der Waals surface area contributed by atoms with Crippen molar-refractivity contribution < 1.29 is 9.90 Å². The highest BCUT2D eigenvalue weighted by Gasteiger charge is 2.65. The van der Waals surface area contributed by atoms with Crippen molar-refractivity contribution in [1.29, 1.82) is 0 Å². The van der Waals surface area contributed by atoms with Gasteiger partial charge in [0.05, 0.1) is 6.10 Å². The second-order valence-electron chi connectivity index (χ2n) is 16.5. The van der Waals surface area contributed by atoms with Gasteiger partial charge in [0.15, 0.2) is 0 Å². The first-order chi connectivity index (χ1) is 18.2. The summed E-state index contributed by atoms with van der Waals surface area (Å²) in [5, 5.41) is 14.7. The summed E-state index contributed by atoms with van der Waals surface area (Å²) < 4.78 is 0. The summed E-state index contributed by atoms with van der Waals surface area (Å²) in [6.45, 7) is 16.9. The molecule has 4 fully saturated rings. The zero-order chi connectivity index (χ0) is 28.0. The van der Waals surface area contributed by atoms with E-state index in [0.29, 0.717) is 34.5 Å². The Labute approximate surface area is 237 Å². The molecular formula is C36H53NO2. The van der Waals surface area contributed by atoms with E-state index < -0.39 is 0 Å². The fourth-order valence-electron chi connectivity index (χ4n) is 11.1. The number of carbonyl (C=O) groups excluding carboxylic acids is 1. The minimum atomic E-state index is -0.175. The first-order valence-electron chi connectivity index (χ1n) is 16.0. The molecule has 4 saturated carbocycles. The van der Waals surface area contributed by atoms with Crippen LogP contribution in [0.1, 0.15) is 122 Å². The normalized spacial score (nSPS) is 44.1. The zero-order valence-electron chi connectivity index (χ0n) is 25.7. The third-order valence-corrected chi connectivity index (χ3v) is 13.5. The number of aliphatic hydroxyl groups is 1. The van der Waals surface area contributed by atoms with Crippen LogP contribution < -0.4 is 5.32 Å². The standard InChI is InChI=1S/C36H53NO2/c1-23-8-10-24(11-9-23)31(39)37-36-19-14-26-25(27(36)22-32(2,3)20-21-36)12-13-29-34(26,6)17-15-28-33(4,5)30(38)16-18-35(28,29)7/h8-12,26-30,38H,13-22H2,1-7H3,(H,37,39). The van der Waals surface area contributed by atoms with E-state index in [1.165, 1.54) is 44.1 Å². The Morgan fingerprint density at radius 1 is 0.821 bits per heavy atom. The molecule has 0 bridgehead atoms. The van der Waals surface area contributed by atoms with Crippen molar-refractivity contribution in [2.45, 2.75) is 124 Å². The van der Waals surface area contributed by atoms with Gasteiger partial charge in [-0.2, -0.15) is 0 Å². The first-order valence-corrected chi connectivity index (χ1v) is 16.0. The molecule has 1 amide bonds. The summed E-state index contributed by atoms with van der Waals surface area (Å²) >= 11 is 0. The number of amides is 1. The van der Waals surface area contributed by atoms with Crippen molar-refractivity contribution in [2.75, 3.05) is 0 Å². The molecule has 3 nitrogen and oxygen atoms in total. The molecule has 0 radical (unpaired) electrons. The molecule has 6 rings (SSSR count). The SMILES string of the molecule is Cc1ccc(C(=O)NC23CCC4C(=CCC5C4(C)CCC4C(C)(C)C(O)CCC45C)C2CC(C)(C)CC3)cc1. The van der Waals surface area contributed by atoms with Gasteiger partial charge in [0.2, 0.25) is 0 Å². The van der Waals surface area contributed by atoms with Crippen LogP contribution >= 0.6 is 0 Å². The molecule has 1 aromatic rings. The van der Waals surface area contributed by atoms with Crippen LogP contribution in [0.25, 0.3) is 0 Å². The Morgan fingerprint density at radius 2 is 1.51 bits per heavy atom. The second kappa shape index (κ2) is 8.94. The van der Waals surface area contributed by atoms with Gasteiger partial charge in [0.25, 0.3) is 5.91 Å². The minimum Gasteiger partial charge on any atom is -0.393 e. The van der Waals surface area contributed by atoms with Gasteiger partial charge in [-0.05, 0) is 123 Å². The number of fused-ring (bicyclic) bond motifs is 7. The first kappa shape index (κ1) is 27.6. The average Bonchev–Trinajstić information content (AvgIpc) is 2.87. The molecule has 1 aromatic carbocycles. The van der Waals surface area contributed by atoms with Crippen LogP contribution in [0, 0.1) is 52.3 Å². The summed E-state index contributed by atoms with van der Waals surface area (Å²) in [6.07, 6.45) is 14.0. The second-order valence-corrected chi connectivity index (χ2v) is 16.5. The molecule has 0 spiro atoms. The molecule has 8 atom stereocenters. The van der Waals surface area contributed by atoms with E-state index in [4.69, 9.17) is 0 Å². The number of aryl methyl sites for hydroxylation is 1. The molecule has 0 aliphatic heterocycles. The summed E-state index contributed by atoms with van der Waals surface area (Å²) in [5.41, 5.74) is 4.44. The van der Waals surface area contributed by atoms with E-state index in [2.05, 4.69) is 72.0 Å². The number of rotatable bonds is 2. The predicted molar refractivity (Wildman–Crippen MR) is 159 cm³/mol. The van der Waals surface area contributed by atoms with Gasteiger partial charge in [-0.1, -0.05) is 70.9 Å². The lowest BCUT2D eigenvalue weighted by Gasteiger charge is -2.68. The number of hydrogen-bond donors (Lipinski definition) is 2. The van der Waals surface area contributed by atoms with E-state index in [-0.39, 0.29) is 28.4 Å². The molecule has 8 unspecified atom stereocenters. The van der Waals surface area contributed by atoms with Crippen LogP contribution in [0.3, 0.4) is 0 Å². The quantitative estimate of drug-likeness (QED) is 0.378. The Balaban J connectivity index is 1.35. The number of carbonyl (C=O) groups is 1. The van der Waals surface area contributed by atoms with Crippen LogP contribution in [-0.4, -0.2) is 22.7 Å². The Bertz CT molecular complexity index is 1160. The largest absolute Gasteiger partial charge is 0.393 e. The van der Waals surface area contributed by atoms with Gasteiger partial charge in [-0.25, -0.2) is 0 Å². The highest BCUT2D eigenvalue weighted by Crippen LogP contribution is 2.71. The van der Waals surface area contributed by atoms with Crippen LogP contribution in [0.4, 0.5) is 0 Å². The molecule has 5 aliphatic carbocycles. The van der Waals surface area contributed by atoms with E-state index >= 15 is 0 Å². The smallest absolute Gasteiger partial charge is 0.251 e. The lowest BCUT2D eigenvalue weighted by molar-refractivity contribution is -0.184. The Hall–Kier alpha value is -1.61. The minimum absolute atomic E-state index is 0.00626. The van der Waals surface area contributed by atoms with Gasteiger partial charge in [-0.15, -0.1) is 0 Å². The molecule has 3 heteroatoms. The Kier molecular flexibility index (Phi) is 6.32. The predicted octanol–water partition coefficient (Wildman–Crippen LogP) is 8.25. The van der Waals surface area contributed by atoms with Gasteiger partial charge in [-0.3, -0.25) is 4.79 Å². The highest BCUT2D eigenvalue weighted by atomic mass is 16.3. The van der Waals surface area contributed by atoms with E-state index in [1.807, 2.05) is 12.1 Å². The molecule has 2 N–H and O–H groups in total. The van der Waals surface area contributed by atoms with Gasteiger partial charge in [0, 0.05) is 17.0 Å². The molecule has 0 aromatic heterocycles. The molecule has 214 valence electrons. The number of allylic oxidation sites excluding steroid dienone is 1. The van der Waals surface area contributed by atoms with Gasteiger partial charge < -0.3 is 10.4 Å². The lowest BCUT2D eigenvalue weighted by atomic mass is 9.37. The maximum Gasteiger partial charge on any atom is 0.251 e. The van der Waals surface area contributed by atoms with Gasteiger partial charge >= 0.3 is 0 Å². The molecular weight excluding hydrogens is 478 g/mol. The molecule has 5 aliphatic rings. The summed E-state index contributed by atoms with van der Waals surface area (Å²) in [5.74, 6) is 2.42. The topological polar surface area (TPSA) is 49.3 Å². The van der Waals surface area contributed by atoms with Crippen molar-refractivity contribution in [3.63, 3.8) is 0 Å². The number of hydrogen-bond acceptors (Lipinski definition) is 2. The van der Waals surface area contributed by atoms with Gasteiger partial charge in [0.1, 0.15) is 0 Å². The van der Waals surface area contributed by atoms with Crippen LogP contribution in [0.15, 0.2) is 35.9 Å². The average molecular weight is 532 g/mol. The summed E-state index contributed by atoms with van der Waals surface area (Å²) in [4.78, 5) is 13.6. The van der Waals surface area contributed by atoms with Crippen molar-refractivity contribution in [2.24, 2.45) is 45.3 Å². The maximum atomic E-state index is 13.6. The monoisotopic (exact) mass is 531 g/mol. The number of benzene rings is 1. The summed E-state index contributed by atoms with van der Waals surface area (Å²) in [6, 6.07) is 8.08.